The first-order valence-corrected chi connectivity index (χ1v) is 5.32. The van der Waals surface area contributed by atoms with E-state index in [1.54, 1.807) is 5.57 Å². The molecule has 0 aromatic rings. The van der Waals surface area contributed by atoms with Crippen LogP contribution in [-0.4, -0.2) is 37.2 Å². The molecule has 0 spiro atoms. The van der Waals surface area contributed by atoms with E-state index in [4.69, 9.17) is 4.74 Å². The number of fused-ring (bicyclic) bond motifs is 1. The fraction of sp³-hybridized carbons (Fsp3) is 0.818. The largest absolute Gasteiger partial charge is 0.378 e. The molecule has 2 aliphatic rings. The van der Waals surface area contributed by atoms with Crippen LogP contribution in [0.3, 0.4) is 0 Å². The van der Waals surface area contributed by atoms with Gasteiger partial charge in [0.25, 0.3) is 0 Å². The van der Waals surface area contributed by atoms with Crippen LogP contribution in [0, 0.1) is 0 Å². The molecule has 2 rings (SSSR count). The highest BCUT2D eigenvalue weighted by molar-refractivity contribution is 5.20. The first-order valence-electron chi connectivity index (χ1n) is 5.32. The van der Waals surface area contributed by atoms with Crippen molar-refractivity contribution < 1.29 is 4.74 Å². The van der Waals surface area contributed by atoms with Crippen molar-refractivity contribution in [3.8, 4) is 0 Å². The number of nitrogens with zero attached hydrogens (tertiary/aromatic N) is 1. The van der Waals surface area contributed by atoms with Crippen LogP contribution in [-0.2, 0) is 4.74 Å². The lowest BCUT2D eigenvalue weighted by atomic mass is 9.93. The predicted molar refractivity (Wildman–Crippen MR) is 53.8 cm³/mol. The molecular weight excluding hydrogens is 162 g/mol. The topological polar surface area (TPSA) is 12.5 Å². The van der Waals surface area contributed by atoms with Gasteiger partial charge in [0, 0.05) is 19.2 Å². The average molecular weight is 181 g/mol. The molecule has 0 radical (unpaired) electrons. The minimum atomic E-state index is 0.472. The number of hydrogen-bond acceptors (Lipinski definition) is 2. The Bertz CT molecular complexity index is 212. The van der Waals surface area contributed by atoms with Crippen molar-refractivity contribution in [2.75, 3.05) is 20.2 Å². The van der Waals surface area contributed by atoms with Crippen molar-refractivity contribution >= 4 is 0 Å². The summed E-state index contributed by atoms with van der Waals surface area (Å²) in [6.45, 7) is 4.16. The Balaban J connectivity index is 2.00. The Kier molecular flexibility index (Phi) is 2.70. The van der Waals surface area contributed by atoms with E-state index in [0.717, 1.165) is 13.0 Å². The molecule has 1 aliphatic carbocycles. The van der Waals surface area contributed by atoms with Gasteiger partial charge in [-0.2, -0.15) is 0 Å². The summed E-state index contributed by atoms with van der Waals surface area (Å²) < 4.78 is 5.67. The summed E-state index contributed by atoms with van der Waals surface area (Å²) in [5.41, 5.74) is 1.65. The summed E-state index contributed by atoms with van der Waals surface area (Å²) in [5.74, 6) is 0. The van der Waals surface area contributed by atoms with E-state index in [0.29, 0.717) is 12.1 Å². The number of rotatable bonds is 2. The second-order valence-electron chi connectivity index (χ2n) is 4.07. The second-order valence-corrected chi connectivity index (χ2v) is 4.07. The van der Waals surface area contributed by atoms with E-state index in [9.17, 15) is 0 Å². The molecule has 0 amide bonds. The molecule has 1 aliphatic heterocycles. The maximum Gasteiger partial charge on any atom is 0.0627 e. The number of likely N-dealkylation sites (tertiary alicyclic amines) is 1. The summed E-state index contributed by atoms with van der Waals surface area (Å²) in [7, 11) is 2.22. The van der Waals surface area contributed by atoms with E-state index in [-0.39, 0.29) is 0 Å². The first-order chi connectivity index (χ1) is 6.31. The van der Waals surface area contributed by atoms with Crippen molar-refractivity contribution in [3.63, 3.8) is 0 Å². The SMILES string of the molecule is CCO[C@H]1CC=C2CCN(C)[C@H]2C1. The molecule has 0 N–H and O–H groups in total. The lowest BCUT2D eigenvalue weighted by Crippen LogP contribution is -2.33. The molecule has 13 heavy (non-hydrogen) atoms. The van der Waals surface area contributed by atoms with Gasteiger partial charge < -0.3 is 4.74 Å². The standard InChI is InChI=1S/C11H19NO/c1-3-13-10-5-4-9-6-7-12(2)11(9)8-10/h4,10-11H,3,5-8H2,1-2H3/t10-,11-/m0/s1. The van der Waals surface area contributed by atoms with Crippen molar-refractivity contribution in [1.29, 1.82) is 0 Å². The third kappa shape index (κ3) is 1.79. The van der Waals surface area contributed by atoms with Crippen molar-refractivity contribution in [1.82, 2.24) is 4.90 Å². The van der Waals surface area contributed by atoms with Crippen LogP contribution >= 0.6 is 0 Å². The van der Waals surface area contributed by atoms with Gasteiger partial charge in [0.15, 0.2) is 0 Å². The maximum absolute atomic E-state index is 5.67. The Morgan fingerprint density at radius 2 is 2.46 bits per heavy atom. The summed E-state index contributed by atoms with van der Waals surface area (Å²) in [5, 5.41) is 0. The highest BCUT2D eigenvalue weighted by Gasteiger charge is 2.31. The van der Waals surface area contributed by atoms with Crippen LogP contribution in [0.5, 0.6) is 0 Å². The third-order valence-corrected chi connectivity index (χ3v) is 3.24. The molecule has 0 bridgehead atoms. The smallest absolute Gasteiger partial charge is 0.0627 e. The fourth-order valence-electron chi connectivity index (χ4n) is 2.48. The molecule has 1 saturated heterocycles. The molecule has 0 unspecified atom stereocenters. The summed E-state index contributed by atoms with van der Waals surface area (Å²) >= 11 is 0. The molecule has 1 heterocycles. The van der Waals surface area contributed by atoms with Gasteiger partial charge in [-0.1, -0.05) is 11.6 Å². The van der Waals surface area contributed by atoms with Gasteiger partial charge in [-0.3, -0.25) is 4.90 Å². The van der Waals surface area contributed by atoms with Crippen LogP contribution in [0.15, 0.2) is 11.6 Å². The second kappa shape index (κ2) is 3.81. The van der Waals surface area contributed by atoms with E-state index < -0.39 is 0 Å². The highest BCUT2D eigenvalue weighted by atomic mass is 16.5. The molecule has 1 fully saturated rings. The highest BCUT2D eigenvalue weighted by Crippen LogP contribution is 2.31. The summed E-state index contributed by atoms with van der Waals surface area (Å²) in [4.78, 5) is 2.46. The molecule has 2 nitrogen and oxygen atoms in total. The Morgan fingerprint density at radius 1 is 1.62 bits per heavy atom. The Labute approximate surface area is 80.6 Å². The van der Waals surface area contributed by atoms with Crippen molar-refractivity contribution in [2.45, 2.75) is 38.3 Å². The quantitative estimate of drug-likeness (QED) is 0.602. The Hall–Kier alpha value is -0.340. The van der Waals surface area contributed by atoms with E-state index in [2.05, 4.69) is 24.9 Å². The van der Waals surface area contributed by atoms with Crippen molar-refractivity contribution in [2.24, 2.45) is 0 Å². The molecule has 0 saturated carbocycles. The van der Waals surface area contributed by atoms with E-state index >= 15 is 0 Å². The predicted octanol–water partition coefficient (Wildman–Crippen LogP) is 1.82. The molecule has 0 aromatic carbocycles. The lowest BCUT2D eigenvalue weighted by molar-refractivity contribution is 0.0421. The normalized spacial score (nSPS) is 34.5. The number of likely N-dealkylation sites (N-methyl/N-ethyl adjacent to an activating group) is 1. The van der Waals surface area contributed by atoms with E-state index in [1.807, 2.05) is 0 Å². The zero-order valence-corrected chi connectivity index (χ0v) is 8.62. The molecular formula is C11H19NO. The van der Waals surface area contributed by atoms with Gasteiger partial charge in [0.2, 0.25) is 0 Å². The summed E-state index contributed by atoms with van der Waals surface area (Å²) in [6.07, 6.45) is 6.49. The van der Waals surface area contributed by atoms with Gasteiger partial charge in [-0.25, -0.2) is 0 Å². The zero-order valence-electron chi connectivity index (χ0n) is 8.62. The molecule has 2 heteroatoms. The monoisotopic (exact) mass is 181 g/mol. The molecule has 74 valence electrons. The number of ether oxygens (including phenoxy) is 1. The minimum Gasteiger partial charge on any atom is -0.378 e. The van der Waals surface area contributed by atoms with Gasteiger partial charge in [0.05, 0.1) is 6.10 Å². The average Bonchev–Trinajstić information content (AvgIpc) is 2.49. The molecule has 2 atom stereocenters. The minimum absolute atomic E-state index is 0.472. The fourth-order valence-corrected chi connectivity index (χ4v) is 2.48. The Morgan fingerprint density at radius 3 is 3.23 bits per heavy atom. The van der Waals surface area contributed by atoms with Crippen LogP contribution in [0.25, 0.3) is 0 Å². The first kappa shape index (κ1) is 9.22. The van der Waals surface area contributed by atoms with Gasteiger partial charge in [-0.15, -0.1) is 0 Å². The van der Waals surface area contributed by atoms with Crippen LogP contribution < -0.4 is 0 Å². The van der Waals surface area contributed by atoms with Gasteiger partial charge in [-0.05, 0) is 33.2 Å². The van der Waals surface area contributed by atoms with Crippen LogP contribution in [0.1, 0.15) is 26.2 Å². The van der Waals surface area contributed by atoms with Crippen molar-refractivity contribution in [3.05, 3.63) is 11.6 Å². The maximum atomic E-state index is 5.67. The molecule has 0 aromatic heterocycles. The zero-order chi connectivity index (χ0) is 9.26. The third-order valence-electron chi connectivity index (χ3n) is 3.24. The van der Waals surface area contributed by atoms with E-state index in [1.165, 1.54) is 19.4 Å². The summed E-state index contributed by atoms with van der Waals surface area (Å²) in [6, 6.07) is 0.685. The number of hydrogen-bond donors (Lipinski definition) is 0. The van der Waals surface area contributed by atoms with Gasteiger partial charge in [0.1, 0.15) is 0 Å². The van der Waals surface area contributed by atoms with Crippen LogP contribution in [0.4, 0.5) is 0 Å². The van der Waals surface area contributed by atoms with Gasteiger partial charge >= 0.3 is 0 Å². The lowest BCUT2D eigenvalue weighted by Gasteiger charge is -2.29. The van der Waals surface area contributed by atoms with Crippen LogP contribution in [0.2, 0.25) is 0 Å².